The largest absolute Gasteiger partial charge is 0.107 e. The fraction of sp³-hybridized carbons (Fsp3) is 0.700. The molecule has 122 valence electrons. The Balaban J connectivity index is 1.89. The lowest BCUT2D eigenvalue weighted by Crippen LogP contribution is -2.45. The van der Waals surface area contributed by atoms with Crippen LogP contribution in [0.5, 0.6) is 0 Å². The highest BCUT2D eigenvalue weighted by molar-refractivity contribution is 7.97. The van der Waals surface area contributed by atoms with Crippen LogP contribution in [0.25, 0.3) is 0 Å². The molecule has 0 nitrogen and oxygen atoms in total. The van der Waals surface area contributed by atoms with Gasteiger partial charge in [0.1, 0.15) is 7.74 Å². The van der Waals surface area contributed by atoms with E-state index in [4.69, 9.17) is 0 Å². The van der Waals surface area contributed by atoms with Crippen molar-refractivity contribution in [3.8, 4) is 0 Å². The van der Waals surface area contributed by atoms with Crippen molar-refractivity contribution in [3.05, 3.63) is 30.3 Å². The molecular weight excluding hydrogens is 299 g/mol. The number of rotatable bonds is 4. The zero-order valence-corrected chi connectivity index (χ0v) is 16.5. The van der Waals surface area contributed by atoms with Crippen LogP contribution in [0.15, 0.2) is 30.3 Å². The average molecular weight is 333 g/mol. The quantitative estimate of drug-likeness (QED) is 0.452. The Hall–Kier alpha value is -0.133. The summed E-state index contributed by atoms with van der Waals surface area (Å²) in [5.41, 5.74) is 2.18. The van der Waals surface area contributed by atoms with E-state index in [0.717, 1.165) is 11.3 Å². The Bertz CT molecular complexity index is 426. The maximum Gasteiger partial charge on any atom is 0.107 e. The molecule has 0 aliphatic heterocycles. The predicted molar refractivity (Wildman–Crippen MR) is 104 cm³/mol. The molecular formula is C20H33PSi. The third-order valence-corrected chi connectivity index (χ3v) is 18.5. The summed E-state index contributed by atoms with van der Waals surface area (Å²) >= 11 is 0. The summed E-state index contributed by atoms with van der Waals surface area (Å²) in [5, 5.41) is 1.73. The molecule has 2 aliphatic rings. The van der Waals surface area contributed by atoms with Crippen LogP contribution in [0.1, 0.15) is 64.2 Å². The third kappa shape index (κ3) is 3.67. The van der Waals surface area contributed by atoms with Gasteiger partial charge in [-0.25, -0.2) is 0 Å². The normalized spacial score (nSPS) is 22.1. The molecule has 0 N–H and O–H groups in total. The molecule has 22 heavy (non-hydrogen) atoms. The van der Waals surface area contributed by atoms with E-state index in [0.29, 0.717) is 0 Å². The monoisotopic (exact) mass is 332 g/mol. The van der Waals surface area contributed by atoms with Gasteiger partial charge in [-0.15, -0.1) is 7.47 Å². The number of hydrogen-bond acceptors (Lipinski definition) is 0. The SMILES string of the molecule is C[Si](C)(c1ccccc1)P(C1CCCCC1)C1CCCCC1. The Morgan fingerprint density at radius 1 is 0.727 bits per heavy atom. The third-order valence-electron chi connectivity index (χ3n) is 6.06. The van der Waals surface area contributed by atoms with Crippen molar-refractivity contribution in [3.63, 3.8) is 0 Å². The topological polar surface area (TPSA) is 0 Å². The molecule has 3 rings (SSSR count). The molecule has 0 spiro atoms. The highest BCUT2D eigenvalue weighted by Crippen LogP contribution is 2.61. The van der Waals surface area contributed by atoms with Crippen LogP contribution in [0.2, 0.25) is 13.1 Å². The molecule has 0 heterocycles. The van der Waals surface area contributed by atoms with Gasteiger partial charge < -0.3 is 0 Å². The van der Waals surface area contributed by atoms with Crippen molar-refractivity contribution >= 4 is 20.4 Å². The first kappa shape index (κ1) is 16.7. The minimum atomic E-state index is -1.32. The Morgan fingerprint density at radius 2 is 1.18 bits per heavy atom. The van der Waals surface area contributed by atoms with E-state index in [9.17, 15) is 0 Å². The molecule has 0 amide bonds. The minimum absolute atomic E-state index is 0.222. The summed E-state index contributed by atoms with van der Waals surface area (Å²) in [5.74, 6) is 0. The smallest absolute Gasteiger partial charge is 0.107 e. The molecule has 0 saturated heterocycles. The van der Waals surface area contributed by atoms with Crippen LogP contribution in [0.4, 0.5) is 0 Å². The maximum atomic E-state index is 2.71. The minimum Gasteiger partial charge on any atom is -0.107 e. The molecule has 0 aromatic heterocycles. The second kappa shape index (κ2) is 7.62. The Kier molecular flexibility index (Phi) is 5.79. The van der Waals surface area contributed by atoms with Crippen molar-refractivity contribution in [2.24, 2.45) is 0 Å². The van der Waals surface area contributed by atoms with Crippen LogP contribution < -0.4 is 5.19 Å². The van der Waals surface area contributed by atoms with Crippen LogP contribution in [-0.4, -0.2) is 19.1 Å². The molecule has 1 aromatic rings. The second-order valence-corrected chi connectivity index (χ2v) is 18.8. The van der Waals surface area contributed by atoms with Crippen LogP contribution in [-0.2, 0) is 0 Å². The molecule has 0 atom stereocenters. The first-order valence-electron chi connectivity index (χ1n) is 9.53. The molecule has 0 radical (unpaired) electrons. The van der Waals surface area contributed by atoms with Gasteiger partial charge in [0.05, 0.1) is 0 Å². The first-order valence-corrected chi connectivity index (χ1v) is 14.9. The fourth-order valence-electron chi connectivity index (χ4n) is 4.92. The Labute approximate surface area is 139 Å². The van der Waals surface area contributed by atoms with E-state index < -0.39 is 7.74 Å². The van der Waals surface area contributed by atoms with E-state index >= 15 is 0 Å². The molecule has 0 unspecified atom stereocenters. The maximum absolute atomic E-state index is 2.71. The molecule has 0 bridgehead atoms. The summed E-state index contributed by atoms with van der Waals surface area (Å²) in [6, 6.07) is 11.6. The predicted octanol–water partition coefficient (Wildman–Crippen LogP) is 6.25. The van der Waals surface area contributed by atoms with Crippen LogP contribution >= 0.6 is 7.47 Å². The lowest BCUT2D eigenvalue weighted by molar-refractivity contribution is 0.487. The average Bonchev–Trinajstić information content (AvgIpc) is 2.58. The molecule has 2 heteroatoms. The summed E-state index contributed by atoms with van der Waals surface area (Å²) in [7, 11) is -1.10. The zero-order valence-electron chi connectivity index (χ0n) is 14.6. The van der Waals surface area contributed by atoms with Gasteiger partial charge in [-0.05, 0) is 37.0 Å². The van der Waals surface area contributed by atoms with Crippen molar-refractivity contribution in [1.82, 2.24) is 0 Å². The molecule has 1 aromatic carbocycles. The van der Waals surface area contributed by atoms with Gasteiger partial charge in [0.15, 0.2) is 0 Å². The van der Waals surface area contributed by atoms with Gasteiger partial charge in [0.2, 0.25) is 0 Å². The van der Waals surface area contributed by atoms with Crippen molar-refractivity contribution in [1.29, 1.82) is 0 Å². The Morgan fingerprint density at radius 3 is 1.64 bits per heavy atom. The van der Waals surface area contributed by atoms with Crippen LogP contribution in [0.3, 0.4) is 0 Å². The van der Waals surface area contributed by atoms with Gasteiger partial charge in [-0.1, -0.05) is 87.1 Å². The van der Waals surface area contributed by atoms with Crippen molar-refractivity contribution in [2.75, 3.05) is 0 Å². The molecule has 2 fully saturated rings. The number of hydrogen-bond donors (Lipinski definition) is 0. The summed E-state index contributed by atoms with van der Waals surface area (Å²) in [4.78, 5) is 0. The molecule has 2 aliphatic carbocycles. The van der Waals surface area contributed by atoms with E-state index in [1.54, 1.807) is 30.9 Å². The van der Waals surface area contributed by atoms with Crippen molar-refractivity contribution in [2.45, 2.75) is 88.6 Å². The highest BCUT2D eigenvalue weighted by atomic mass is 31.4. The van der Waals surface area contributed by atoms with Gasteiger partial charge in [-0.2, -0.15) is 0 Å². The first-order chi connectivity index (χ1) is 10.7. The standard InChI is InChI=1S/C20H33PSi/c1-22(2,20-16-10-5-11-17-20)21(18-12-6-3-7-13-18)19-14-8-4-9-15-19/h5,10-11,16-19H,3-4,6-9,12-15H2,1-2H3. The van der Waals surface area contributed by atoms with E-state index in [-0.39, 0.29) is 7.47 Å². The van der Waals surface area contributed by atoms with Gasteiger partial charge in [0, 0.05) is 0 Å². The lowest BCUT2D eigenvalue weighted by Gasteiger charge is -2.47. The van der Waals surface area contributed by atoms with Crippen LogP contribution in [0, 0.1) is 0 Å². The van der Waals surface area contributed by atoms with Gasteiger partial charge in [0.25, 0.3) is 0 Å². The van der Waals surface area contributed by atoms with E-state index in [2.05, 4.69) is 43.4 Å². The highest BCUT2D eigenvalue weighted by Gasteiger charge is 2.42. The lowest BCUT2D eigenvalue weighted by atomic mass is 10.00. The summed E-state index contributed by atoms with van der Waals surface area (Å²) < 4.78 is 0. The van der Waals surface area contributed by atoms with E-state index in [1.165, 1.54) is 38.5 Å². The summed E-state index contributed by atoms with van der Waals surface area (Å²) in [6.07, 6.45) is 15.2. The van der Waals surface area contributed by atoms with E-state index in [1.807, 2.05) is 0 Å². The van der Waals surface area contributed by atoms with Crippen molar-refractivity contribution < 1.29 is 0 Å². The fourth-order valence-corrected chi connectivity index (χ4v) is 18.9. The second-order valence-electron chi connectivity index (χ2n) is 7.92. The number of benzene rings is 1. The van der Waals surface area contributed by atoms with Gasteiger partial charge in [-0.3, -0.25) is 0 Å². The molecule has 2 saturated carbocycles. The van der Waals surface area contributed by atoms with Gasteiger partial charge >= 0.3 is 0 Å². The summed E-state index contributed by atoms with van der Waals surface area (Å²) in [6.45, 7) is 5.41. The zero-order chi connectivity index (χ0) is 15.4.